The number of carbonyl (C=O) groups excluding carboxylic acids is 2. The number of thiazole rings is 1. The lowest BCUT2D eigenvalue weighted by Gasteiger charge is -2.04. The molecule has 4 rings (SSSR count). The Bertz CT molecular complexity index is 1190. The van der Waals surface area contributed by atoms with Crippen molar-refractivity contribution in [1.29, 1.82) is 0 Å². The minimum atomic E-state index is -0.848. The quantitative estimate of drug-likeness (QED) is 0.456. The Kier molecular flexibility index (Phi) is 5.63. The number of aryl methyl sites for hydroxylation is 1. The molecule has 1 N–H and O–H groups in total. The molecule has 0 atom stereocenters. The van der Waals surface area contributed by atoms with Gasteiger partial charge in [0.25, 0.3) is 11.7 Å². The standard InChI is InChI=1S/C19H14FN5O3S2/c1-11-10-30-19(21-11)22-15(26)9-28-18(27)16-23-17(14-3-2-8-29-14)25(24-16)13-6-4-12(20)5-7-13/h2-8,10H,9H2,1H3,(H,21,22,26). The minimum Gasteiger partial charge on any atom is -0.450 e. The number of halogens is 1. The first-order valence-corrected chi connectivity index (χ1v) is 10.4. The van der Waals surface area contributed by atoms with E-state index in [1.807, 2.05) is 17.5 Å². The van der Waals surface area contributed by atoms with Crippen molar-refractivity contribution in [2.24, 2.45) is 0 Å². The van der Waals surface area contributed by atoms with Gasteiger partial charge in [0.05, 0.1) is 16.3 Å². The number of aromatic nitrogens is 4. The van der Waals surface area contributed by atoms with Crippen molar-refractivity contribution in [2.45, 2.75) is 6.92 Å². The predicted octanol–water partition coefficient (Wildman–Crippen LogP) is 3.70. The fourth-order valence-electron chi connectivity index (χ4n) is 2.49. The molecule has 0 spiro atoms. The van der Waals surface area contributed by atoms with Crippen LogP contribution in [0, 0.1) is 12.7 Å². The number of amides is 1. The SMILES string of the molecule is Cc1csc(NC(=O)COC(=O)c2nc(-c3cccs3)n(-c3ccc(F)cc3)n2)n1. The molecule has 152 valence electrons. The van der Waals surface area contributed by atoms with Crippen LogP contribution in [-0.4, -0.2) is 38.2 Å². The number of hydrogen-bond donors (Lipinski definition) is 1. The van der Waals surface area contributed by atoms with Crippen LogP contribution in [0.5, 0.6) is 0 Å². The summed E-state index contributed by atoms with van der Waals surface area (Å²) in [6.45, 7) is 1.30. The van der Waals surface area contributed by atoms with Crippen molar-refractivity contribution in [1.82, 2.24) is 19.7 Å². The Morgan fingerprint density at radius 2 is 1.97 bits per heavy atom. The maximum Gasteiger partial charge on any atom is 0.378 e. The van der Waals surface area contributed by atoms with E-state index in [0.29, 0.717) is 16.6 Å². The van der Waals surface area contributed by atoms with Crippen LogP contribution >= 0.6 is 22.7 Å². The van der Waals surface area contributed by atoms with Gasteiger partial charge in [0.1, 0.15) is 5.82 Å². The first-order valence-electron chi connectivity index (χ1n) is 8.65. The summed E-state index contributed by atoms with van der Waals surface area (Å²) >= 11 is 2.69. The fourth-order valence-corrected chi connectivity index (χ4v) is 3.89. The Morgan fingerprint density at radius 3 is 2.63 bits per heavy atom. The van der Waals surface area contributed by atoms with Gasteiger partial charge in [-0.15, -0.1) is 27.8 Å². The summed E-state index contributed by atoms with van der Waals surface area (Å²) in [5.41, 5.74) is 1.31. The molecule has 4 aromatic rings. The molecule has 0 aliphatic heterocycles. The van der Waals surface area contributed by atoms with Crippen LogP contribution in [0.15, 0.2) is 47.2 Å². The molecule has 1 amide bonds. The highest BCUT2D eigenvalue weighted by Gasteiger charge is 2.21. The Balaban J connectivity index is 1.52. The summed E-state index contributed by atoms with van der Waals surface area (Å²) in [6, 6.07) is 9.30. The monoisotopic (exact) mass is 443 g/mol. The van der Waals surface area contributed by atoms with E-state index >= 15 is 0 Å². The first-order chi connectivity index (χ1) is 14.5. The number of nitrogens with one attached hydrogen (secondary N) is 1. The molecular weight excluding hydrogens is 429 g/mol. The number of hydrogen-bond acceptors (Lipinski definition) is 8. The van der Waals surface area contributed by atoms with E-state index in [1.165, 1.54) is 51.6 Å². The summed E-state index contributed by atoms with van der Waals surface area (Å²) in [4.78, 5) is 33.5. The Labute approximate surface area is 178 Å². The van der Waals surface area contributed by atoms with Crippen LogP contribution < -0.4 is 5.32 Å². The normalized spacial score (nSPS) is 10.7. The van der Waals surface area contributed by atoms with Gasteiger partial charge in [-0.2, -0.15) is 4.98 Å². The molecule has 3 aromatic heterocycles. The van der Waals surface area contributed by atoms with Crippen LogP contribution in [0.3, 0.4) is 0 Å². The van der Waals surface area contributed by atoms with Crippen molar-refractivity contribution in [3.63, 3.8) is 0 Å². The number of rotatable bonds is 6. The van der Waals surface area contributed by atoms with Crippen molar-refractivity contribution in [3.8, 4) is 16.4 Å². The van der Waals surface area contributed by atoms with Crippen LogP contribution in [0.4, 0.5) is 9.52 Å². The smallest absolute Gasteiger partial charge is 0.378 e. The van der Waals surface area contributed by atoms with Gasteiger partial charge >= 0.3 is 5.97 Å². The largest absolute Gasteiger partial charge is 0.450 e. The molecule has 8 nitrogen and oxygen atoms in total. The second-order valence-corrected chi connectivity index (χ2v) is 7.85. The van der Waals surface area contributed by atoms with Gasteiger partial charge in [0.15, 0.2) is 17.6 Å². The van der Waals surface area contributed by atoms with Crippen molar-refractivity contribution in [2.75, 3.05) is 11.9 Å². The molecule has 0 aliphatic rings. The lowest BCUT2D eigenvalue weighted by Crippen LogP contribution is -2.21. The third-order valence-electron chi connectivity index (χ3n) is 3.80. The van der Waals surface area contributed by atoms with E-state index in [0.717, 1.165) is 10.6 Å². The minimum absolute atomic E-state index is 0.208. The van der Waals surface area contributed by atoms with E-state index in [9.17, 15) is 14.0 Å². The summed E-state index contributed by atoms with van der Waals surface area (Å²) in [5.74, 6) is -1.56. The molecule has 0 radical (unpaired) electrons. The lowest BCUT2D eigenvalue weighted by molar-refractivity contribution is -0.119. The van der Waals surface area contributed by atoms with Gasteiger partial charge in [-0.05, 0) is 42.6 Å². The van der Waals surface area contributed by atoms with Crippen LogP contribution in [0.2, 0.25) is 0 Å². The second kappa shape index (κ2) is 8.51. The number of esters is 1. The molecule has 0 fully saturated rings. The first kappa shape index (κ1) is 19.9. The molecule has 30 heavy (non-hydrogen) atoms. The van der Waals surface area contributed by atoms with Gasteiger partial charge in [-0.3, -0.25) is 10.1 Å². The molecule has 11 heteroatoms. The number of thiophene rings is 1. The van der Waals surface area contributed by atoms with Gasteiger partial charge in [-0.1, -0.05) is 6.07 Å². The summed E-state index contributed by atoms with van der Waals surface area (Å²) in [7, 11) is 0. The zero-order valence-electron chi connectivity index (χ0n) is 15.5. The van der Waals surface area contributed by atoms with Gasteiger partial charge in [0.2, 0.25) is 0 Å². The fraction of sp³-hybridized carbons (Fsp3) is 0.105. The number of ether oxygens (including phenoxy) is 1. The number of nitrogens with zero attached hydrogens (tertiary/aromatic N) is 4. The zero-order chi connectivity index (χ0) is 21.1. The maximum atomic E-state index is 13.3. The third kappa shape index (κ3) is 4.42. The number of anilines is 1. The number of carbonyl (C=O) groups is 2. The highest BCUT2D eigenvalue weighted by molar-refractivity contribution is 7.14. The molecule has 0 aliphatic carbocycles. The van der Waals surface area contributed by atoms with E-state index in [1.54, 1.807) is 12.3 Å². The molecule has 0 bridgehead atoms. The zero-order valence-corrected chi connectivity index (χ0v) is 17.2. The lowest BCUT2D eigenvalue weighted by atomic mass is 10.3. The van der Waals surface area contributed by atoms with E-state index in [4.69, 9.17) is 4.74 Å². The molecule has 0 saturated carbocycles. The molecule has 3 heterocycles. The summed E-state index contributed by atoms with van der Waals surface area (Å²) < 4.78 is 19.8. The van der Waals surface area contributed by atoms with Crippen LogP contribution in [0.1, 0.15) is 16.3 Å². The van der Waals surface area contributed by atoms with Gasteiger partial charge < -0.3 is 4.74 Å². The molecular formula is C19H14FN5O3S2. The van der Waals surface area contributed by atoms with Crippen molar-refractivity contribution < 1.29 is 18.7 Å². The Hall–Kier alpha value is -3.44. The highest BCUT2D eigenvalue weighted by atomic mass is 32.1. The third-order valence-corrected chi connectivity index (χ3v) is 5.54. The van der Waals surface area contributed by atoms with Crippen molar-refractivity contribution >= 4 is 39.7 Å². The van der Waals surface area contributed by atoms with Crippen molar-refractivity contribution in [3.05, 3.63) is 64.5 Å². The van der Waals surface area contributed by atoms with E-state index in [-0.39, 0.29) is 5.82 Å². The Morgan fingerprint density at radius 1 is 1.17 bits per heavy atom. The van der Waals surface area contributed by atoms with E-state index < -0.39 is 24.3 Å². The van der Waals surface area contributed by atoms with Crippen LogP contribution in [0.25, 0.3) is 16.4 Å². The van der Waals surface area contributed by atoms with Gasteiger partial charge in [-0.25, -0.2) is 18.9 Å². The topological polar surface area (TPSA) is 99.0 Å². The predicted molar refractivity (Wildman–Crippen MR) is 110 cm³/mol. The summed E-state index contributed by atoms with van der Waals surface area (Å²) in [5, 5.41) is 10.8. The molecule has 0 saturated heterocycles. The number of benzene rings is 1. The molecule has 1 aromatic carbocycles. The van der Waals surface area contributed by atoms with E-state index in [2.05, 4.69) is 20.4 Å². The molecule has 0 unspecified atom stereocenters. The average molecular weight is 443 g/mol. The highest BCUT2D eigenvalue weighted by Crippen LogP contribution is 2.26. The summed E-state index contributed by atoms with van der Waals surface area (Å²) in [6.07, 6.45) is 0. The maximum absolute atomic E-state index is 13.3. The van der Waals surface area contributed by atoms with Gasteiger partial charge in [0, 0.05) is 5.38 Å². The van der Waals surface area contributed by atoms with Crippen LogP contribution in [-0.2, 0) is 9.53 Å². The average Bonchev–Trinajstić information content (AvgIpc) is 3.47. The second-order valence-electron chi connectivity index (χ2n) is 6.04.